The average Bonchev–Trinajstić information content (AvgIpc) is 3.03. The molecule has 28 heavy (non-hydrogen) atoms. The molecule has 1 aromatic heterocycles. The monoisotopic (exact) mass is 436 g/mol. The number of anilines is 2. The molecular weight excluding hydrogens is 419 g/mol. The fourth-order valence-corrected chi connectivity index (χ4v) is 3.43. The third-order valence-electron chi connectivity index (χ3n) is 3.83. The summed E-state index contributed by atoms with van der Waals surface area (Å²) in [4.78, 5) is 14.2. The van der Waals surface area contributed by atoms with E-state index in [0.29, 0.717) is 26.6 Å². The Morgan fingerprint density at radius 1 is 1.18 bits per heavy atom. The zero-order valence-corrected chi connectivity index (χ0v) is 17.5. The molecule has 1 amide bonds. The highest BCUT2D eigenvalue weighted by molar-refractivity contribution is 7.99. The van der Waals surface area contributed by atoms with Gasteiger partial charge < -0.3 is 16.1 Å². The third-order valence-corrected chi connectivity index (χ3v) is 5.34. The van der Waals surface area contributed by atoms with Crippen molar-refractivity contribution in [1.82, 2.24) is 14.9 Å². The summed E-state index contributed by atoms with van der Waals surface area (Å²) in [6.07, 6.45) is 0. The largest absolute Gasteiger partial charge is 0.378 e. The molecule has 3 aromatic rings. The van der Waals surface area contributed by atoms with E-state index in [1.807, 2.05) is 43.3 Å². The first-order chi connectivity index (χ1) is 13.3. The summed E-state index contributed by atoms with van der Waals surface area (Å²) in [6.45, 7) is 0. The molecule has 2 aromatic carbocycles. The van der Waals surface area contributed by atoms with Crippen molar-refractivity contribution in [3.63, 3.8) is 0 Å². The van der Waals surface area contributed by atoms with Crippen LogP contribution in [0.25, 0.3) is 11.4 Å². The van der Waals surface area contributed by atoms with E-state index in [9.17, 15) is 4.79 Å². The molecule has 0 aliphatic heterocycles. The quantitative estimate of drug-likeness (QED) is 0.451. The van der Waals surface area contributed by atoms with Crippen LogP contribution in [0.3, 0.4) is 0 Å². The molecule has 10 heteroatoms. The number of halogens is 2. The lowest BCUT2D eigenvalue weighted by Crippen LogP contribution is -2.16. The van der Waals surface area contributed by atoms with Gasteiger partial charge in [-0.1, -0.05) is 35.0 Å². The molecule has 7 nitrogen and oxygen atoms in total. The number of aromatic nitrogens is 3. The van der Waals surface area contributed by atoms with Crippen LogP contribution in [0.1, 0.15) is 0 Å². The van der Waals surface area contributed by atoms with Crippen LogP contribution in [0.15, 0.2) is 47.6 Å². The number of amides is 1. The van der Waals surface area contributed by atoms with Crippen LogP contribution in [0.5, 0.6) is 0 Å². The van der Waals surface area contributed by atoms with Crippen molar-refractivity contribution in [3.05, 3.63) is 52.5 Å². The molecule has 0 saturated heterocycles. The molecule has 0 saturated carbocycles. The molecule has 146 valence electrons. The number of carbonyl (C=O) groups is 1. The fourth-order valence-electron chi connectivity index (χ4n) is 2.40. The normalized spacial score (nSPS) is 10.7. The van der Waals surface area contributed by atoms with Crippen LogP contribution in [-0.4, -0.2) is 40.6 Å². The van der Waals surface area contributed by atoms with Crippen molar-refractivity contribution in [2.45, 2.75) is 5.16 Å². The number of nitrogens with two attached hydrogens (primary N) is 1. The van der Waals surface area contributed by atoms with Gasteiger partial charge in [0.15, 0.2) is 5.82 Å². The van der Waals surface area contributed by atoms with Crippen LogP contribution in [0.4, 0.5) is 11.4 Å². The highest BCUT2D eigenvalue weighted by atomic mass is 35.5. The molecule has 3 N–H and O–H groups in total. The average molecular weight is 437 g/mol. The number of hydrogen-bond acceptors (Lipinski definition) is 6. The lowest BCUT2D eigenvalue weighted by molar-refractivity contribution is -0.113. The van der Waals surface area contributed by atoms with E-state index in [1.54, 1.807) is 18.2 Å². The van der Waals surface area contributed by atoms with Crippen LogP contribution in [0.2, 0.25) is 10.0 Å². The van der Waals surface area contributed by atoms with E-state index in [4.69, 9.17) is 29.0 Å². The predicted octanol–water partition coefficient (Wildman–Crippen LogP) is 3.76. The van der Waals surface area contributed by atoms with Gasteiger partial charge in [-0.15, -0.1) is 10.2 Å². The van der Waals surface area contributed by atoms with Gasteiger partial charge in [-0.3, -0.25) is 4.79 Å². The molecule has 3 rings (SSSR count). The number of nitrogens with zero attached hydrogens (tertiary/aromatic N) is 4. The molecular formula is C18H18Cl2N6OS. The van der Waals surface area contributed by atoms with Gasteiger partial charge >= 0.3 is 0 Å². The van der Waals surface area contributed by atoms with E-state index >= 15 is 0 Å². The number of thioether (sulfide) groups is 1. The van der Waals surface area contributed by atoms with E-state index in [0.717, 1.165) is 11.4 Å². The van der Waals surface area contributed by atoms with E-state index in [1.165, 1.54) is 16.4 Å². The summed E-state index contributed by atoms with van der Waals surface area (Å²) < 4.78 is 1.29. The maximum absolute atomic E-state index is 12.2. The van der Waals surface area contributed by atoms with Gasteiger partial charge in [-0.05, 0) is 42.5 Å². The van der Waals surface area contributed by atoms with Gasteiger partial charge in [-0.2, -0.15) is 0 Å². The Morgan fingerprint density at radius 2 is 1.89 bits per heavy atom. The molecule has 1 heterocycles. The van der Waals surface area contributed by atoms with Crippen molar-refractivity contribution in [2.75, 3.05) is 35.9 Å². The second kappa shape index (κ2) is 8.72. The zero-order valence-electron chi connectivity index (χ0n) is 15.2. The first-order valence-corrected chi connectivity index (χ1v) is 9.95. The number of hydrogen-bond donors (Lipinski definition) is 2. The Bertz CT molecular complexity index is 990. The zero-order chi connectivity index (χ0) is 20.3. The predicted molar refractivity (Wildman–Crippen MR) is 116 cm³/mol. The van der Waals surface area contributed by atoms with Crippen molar-refractivity contribution in [1.29, 1.82) is 0 Å². The molecule has 0 aliphatic rings. The lowest BCUT2D eigenvalue weighted by Gasteiger charge is -2.13. The van der Waals surface area contributed by atoms with Crippen molar-refractivity contribution in [2.24, 2.45) is 0 Å². The maximum atomic E-state index is 12.2. The number of carbonyl (C=O) groups excluding carboxylic acids is 1. The summed E-state index contributed by atoms with van der Waals surface area (Å²) in [7, 11) is 3.91. The molecule has 0 unspecified atom stereocenters. The van der Waals surface area contributed by atoms with Crippen molar-refractivity contribution < 1.29 is 4.79 Å². The smallest absolute Gasteiger partial charge is 0.234 e. The Kier molecular flexibility index (Phi) is 6.33. The highest BCUT2D eigenvalue weighted by Crippen LogP contribution is 2.30. The summed E-state index contributed by atoms with van der Waals surface area (Å²) in [6, 6.07) is 12.6. The molecule has 0 spiro atoms. The Hall–Kier alpha value is -2.42. The van der Waals surface area contributed by atoms with E-state index < -0.39 is 0 Å². The highest BCUT2D eigenvalue weighted by Gasteiger charge is 2.16. The Labute approximate surface area is 176 Å². The van der Waals surface area contributed by atoms with Gasteiger partial charge in [0.1, 0.15) is 0 Å². The lowest BCUT2D eigenvalue weighted by atomic mass is 10.2. The van der Waals surface area contributed by atoms with Gasteiger partial charge in [0.05, 0.1) is 10.8 Å². The molecule has 0 bridgehead atoms. The summed E-state index contributed by atoms with van der Waals surface area (Å²) >= 11 is 13.4. The molecule has 0 atom stereocenters. The summed E-state index contributed by atoms with van der Waals surface area (Å²) in [5.74, 6) is 6.40. The fraction of sp³-hybridized carbons (Fsp3) is 0.167. The minimum atomic E-state index is -0.173. The second-order valence-corrected chi connectivity index (χ2v) is 7.86. The van der Waals surface area contributed by atoms with Crippen molar-refractivity contribution in [3.8, 4) is 11.4 Å². The van der Waals surface area contributed by atoms with Gasteiger partial charge in [-0.25, -0.2) is 4.68 Å². The number of nitrogens with one attached hydrogen (secondary N) is 1. The topological polar surface area (TPSA) is 89.1 Å². The minimum Gasteiger partial charge on any atom is -0.378 e. The first kappa shape index (κ1) is 20.3. The van der Waals surface area contributed by atoms with Gasteiger partial charge in [0.2, 0.25) is 11.1 Å². The summed E-state index contributed by atoms with van der Waals surface area (Å²) in [5, 5.41) is 12.3. The Morgan fingerprint density at radius 3 is 2.57 bits per heavy atom. The minimum absolute atomic E-state index is 0.133. The summed E-state index contributed by atoms with van der Waals surface area (Å²) in [5.41, 5.74) is 2.34. The SMILES string of the molecule is CN(C)c1ccc(NC(=O)CSc2nnc(-c3cc(Cl)ccc3Cl)n2N)cc1. The van der Waals surface area contributed by atoms with Gasteiger partial charge in [0, 0.05) is 36.1 Å². The molecule has 0 fully saturated rings. The second-order valence-electron chi connectivity index (χ2n) is 6.08. The number of benzene rings is 2. The number of rotatable bonds is 6. The van der Waals surface area contributed by atoms with E-state index in [2.05, 4.69) is 15.5 Å². The van der Waals surface area contributed by atoms with Crippen LogP contribution < -0.4 is 16.1 Å². The maximum Gasteiger partial charge on any atom is 0.234 e. The third kappa shape index (κ3) is 4.70. The van der Waals surface area contributed by atoms with Gasteiger partial charge in [0.25, 0.3) is 0 Å². The molecule has 0 aliphatic carbocycles. The molecule has 0 radical (unpaired) electrons. The van der Waals surface area contributed by atoms with E-state index in [-0.39, 0.29) is 11.7 Å². The standard InChI is InChI=1S/C18H18Cl2N6OS/c1-25(2)13-6-4-12(5-7-13)22-16(27)10-28-18-24-23-17(26(18)21)14-9-11(19)3-8-15(14)20/h3-9H,10,21H2,1-2H3,(H,22,27). The van der Waals surface area contributed by atoms with Crippen molar-refractivity contribution >= 4 is 52.2 Å². The Balaban J connectivity index is 1.64. The number of nitrogen functional groups attached to an aromatic ring is 1. The van der Waals surface area contributed by atoms with Crippen LogP contribution in [0, 0.1) is 0 Å². The first-order valence-electron chi connectivity index (χ1n) is 8.21. The van der Waals surface area contributed by atoms with Crippen LogP contribution in [-0.2, 0) is 4.79 Å². The van der Waals surface area contributed by atoms with Crippen LogP contribution >= 0.6 is 35.0 Å².